The number of rotatable bonds is 3. The summed E-state index contributed by atoms with van der Waals surface area (Å²) in [6.45, 7) is 3.82. The van der Waals surface area contributed by atoms with Crippen molar-refractivity contribution in [1.82, 2.24) is 5.43 Å². The Kier molecular flexibility index (Phi) is 4.27. The molecule has 4 heteroatoms. The molecular weight excluding hydrogens is 202 g/mol. The van der Waals surface area contributed by atoms with E-state index in [1.165, 1.54) is 5.56 Å². The molecule has 0 saturated carbocycles. The topological polar surface area (TPSA) is 67.5 Å². The number of allylic oxidation sites excluding steroid dienone is 1. The predicted molar refractivity (Wildman–Crippen MR) is 66.0 cm³/mol. The van der Waals surface area contributed by atoms with Gasteiger partial charge < -0.3 is 5.73 Å². The third-order valence-corrected chi connectivity index (χ3v) is 1.94. The van der Waals surface area contributed by atoms with Gasteiger partial charge in [0.15, 0.2) is 0 Å². The van der Waals surface area contributed by atoms with Gasteiger partial charge in [0, 0.05) is 0 Å². The number of urea groups is 1. The number of carbonyl (C=O) groups excluding carboxylic acids is 1. The van der Waals surface area contributed by atoms with Crippen LogP contribution in [0.25, 0.3) is 6.08 Å². The van der Waals surface area contributed by atoms with E-state index in [4.69, 9.17) is 5.73 Å². The summed E-state index contributed by atoms with van der Waals surface area (Å²) in [5.41, 5.74) is 10.0. The van der Waals surface area contributed by atoms with Crippen molar-refractivity contribution >= 4 is 17.8 Å². The Morgan fingerprint density at radius 1 is 1.38 bits per heavy atom. The van der Waals surface area contributed by atoms with E-state index in [0.29, 0.717) is 5.71 Å². The number of hydrazone groups is 1. The van der Waals surface area contributed by atoms with E-state index in [1.54, 1.807) is 13.0 Å². The van der Waals surface area contributed by atoms with Gasteiger partial charge >= 0.3 is 6.03 Å². The molecule has 0 saturated heterocycles. The zero-order valence-electron chi connectivity index (χ0n) is 9.40. The highest BCUT2D eigenvalue weighted by atomic mass is 16.2. The molecule has 16 heavy (non-hydrogen) atoms. The molecule has 0 unspecified atom stereocenters. The molecule has 0 spiro atoms. The summed E-state index contributed by atoms with van der Waals surface area (Å²) in [6, 6.07) is 7.44. The van der Waals surface area contributed by atoms with Crippen molar-refractivity contribution in [2.45, 2.75) is 13.8 Å². The molecule has 4 nitrogen and oxygen atoms in total. The van der Waals surface area contributed by atoms with Gasteiger partial charge in [-0.2, -0.15) is 5.10 Å². The van der Waals surface area contributed by atoms with Crippen molar-refractivity contribution in [3.05, 3.63) is 41.5 Å². The smallest absolute Gasteiger partial charge is 0.332 e. The summed E-state index contributed by atoms with van der Waals surface area (Å²) < 4.78 is 0. The van der Waals surface area contributed by atoms with Crippen LogP contribution in [0.4, 0.5) is 4.79 Å². The number of hydrogen-bond donors (Lipinski definition) is 2. The van der Waals surface area contributed by atoms with Gasteiger partial charge in [-0.15, -0.1) is 0 Å². The summed E-state index contributed by atoms with van der Waals surface area (Å²) in [5, 5.41) is 3.76. The van der Waals surface area contributed by atoms with Crippen LogP contribution < -0.4 is 11.2 Å². The highest BCUT2D eigenvalue weighted by Crippen LogP contribution is 2.04. The molecule has 0 aliphatic rings. The van der Waals surface area contributed by atoms with Crippen LogP contribution in [-0.4, -0.2) is 11.7 Å². The lowest BCUT2D eigenvalue weighted by Gasteiger charge is -1.96. The Balaban J connectivity index is 2.62. The Morgan fingerprint density at radius 3 is 2.56 bits per heavy atom. The fraction of sp³-hybridized carbons (Fsp3) is 0.167. The molecule has 3 N–H and O–H groups in total. The van der Waals surface area contributed by atoms with Gasteiger partial charge in [0.1, 0.15) is 0 Å². The van der Waals surface area contributed by atoms with Crippen LogP contribution in [0.15, 0.2) is 35.4 Å². The van der Waals surface area contributed by atoms with E-state index in [2.05, 4.69) is 10.5 Å². The summed E-state index contributed by atoms with van der Waals surface area (Å²) in [5.74, 6) is 0. The maximum atomic E-state index is 10.4. The van der Waals surface area contributed by atoms with Crippen molar-refractivity contribution in [3.8, 4) is 0 Å². The van der Waals surface area contributed by atoms with Crippen LogP contribution >= 0.6 is 0 Å². The number of primary amides is 1. The molecule has 0 bridgehead atoms. The van der Waals surface area contributed by atoms with Crippen molar-refractivity contribution in [3.63, 3.8) is 0 Å². The average Bonchev–Trinajstić information content (AvgIpc) is 2.25. The highest BCUT2D eigenvalue weighted by molar-refractivity contribution is 5.96. The number of nitrogens with zero attached hydrogens (tertiary/aromatic N) is 1. The fourth-order valence-electron chi connectivity index (χ4n) is 1.07. The van der Waals surface area contributed by atoms with E-state index in [0.717, 1.165) is 5.56 Å². The molecule has 0 heterocycles. The van der Waals surface area contributed by atoms with Crippen LogP contribution in [-0.2, 0) is 0 Å². The minimum absolute atomic E-state index is 0.664. The third-order valence-electron chi connectivity index (χ3n) is 1.94. The molecule has 1 aromatic rings. The van der Waals surface area contributed by atoms with E-state index in [1.807, 2.05) is 37.3 Å². The minimum atomic E-state index is -0.664. The maximum Gasteiger partial charge on any atom is 0.332 e. The largest absolute Gasteiger partial charge is 0.350 e. The average molecular weight is 217 g/mol. The van der Waals surface area contributed by atoms with E-state index < -0.39 is 6.03 Å². The lowest BCUT2D eigenvalue weighted by atomic mass is 10.1. The first kappa shape index (κ1) is 12.0. The van der Waals surface area contributed by atoms with Crippen LogP contribution in [0.3, 0.4) is 0 Å². The van der Waals surface area contributed by atoms with Crippen molar-refractivity contribution in [1.29, 1.82) is 0 Å². The number of benzene rings is 1. The first-order valence-electron chi connectivity index (χ1n) is 4.92. The maximum absolute atomic E-state index is 10.4. The Morgan fingerprint density at radius 2 is 2.00 bits per heavy atom. The first-order chi connectivity index (χ1) is 7.58. The van der Waals surface area contributed by atoms with E-state index >= 15 is 0 Å². The lowest BCUT2D eigenvalue weighted by Crippen LogP contribution is -2.25. The third kappa shape index (κ3) is 4.41. The zero-order valence-corrected chi connectivity index (χ0v) is 9.40. The molecule has 0 aliphatic carbocycles. The van der Waals surface area contributed by atoms with Gasteiger partial charge in [-0.25, -0.2) is 10.2 Å². The van der Waals surface area contributed by atoms with Gasteiger partial charge in [-0.05, 0) is 25.5 Å². The van der Waals surface area contributed by atoms with Gasteiger partial charge in [-0.1, -0.05) is 35.9 Å². The molecule has 0 aliphatic heterocycles. The number of amides is 2. The van der Waals surface area contributed by atoms with Gasteiger partial charge in [0.2, 0.25) is 0 Å². The van der Waals surface area contributed by atoms with Gasteiger partial charge in [0.05, 0.1) is 5.71 Å². The number of hydrogen-bond acceptors (Lipinski definition) is 2. The highest BCUT2D eigenvalue weighted by Gasteiger charge is 1.89. The predicted octanol–water partition coefficient (Wildman–Crippen LogP) is 2.05. The molecule has 0 fully saturated rings. The van der Waals surface area contributed by atoms with Gasteiger partial charge in [0.25, 0.3) is 0 Å². The molecule has 1 rings (SSSR count). The quantitative estimate of drug-likeness (QED) is 0.590. The molecular formula is C12H15N3O. The molecule has 2 amide bonds. The Bertz CT molecular complexity index is 418. The molecule has 84 valence electrons. The monoisotopic (exact) mass is 217 g/mol. The first-order valence-corrected chi connectivity index (χ1v) is 4.92. The Labute approximate surface area is 94.8 Å². The molecule has 0 aromatic heterocycles. The second-order valence-electron chi connectivity index (χ2n) is 3.47. The summed E-state index contributed by atoms with van der Waals surface area (Å²) in [4.78, 5) is 10.4. The van der Waals surface area contributed by atoms with Crippen molar-refractivity contribution < 1.29 is 4.79 Å². The fourth-order valence-corrected chi connectivity index (χ4v) is 1.07. The lowest BCUT2D eigenvalue weighted by molar-refractivity contribution is 0.249. The normalized spacial score (nSPS) is 11.8. The zero-order chi connectivity index (χ0) is 12.0. The molecule has 1 aromatic carbocycles. The summed E-state index contributed by atoms with van der Waals surface area (Å²) >= 11 is 0. The SMILES string of the molecule is CC(/C=C\c1ccc(C)cc1)=N\NC(N)=O. The minimum Gasteiger partial charge on any atom is -0.350 e. The standard InChI is InChI=1S/C12H15N3O/c1-9-3-6-11(7-4-9)8-5-10(2)14-15-12(13)16/h3-8H,1-2H3,(H3,13,15,16)/b8-5-,14-10+. The van der Waals surface area contributed by atoms with E-state index in [-0.39, 0.29) is 0 Å². The number of nitrogens with one attached hydrogen (secondary N) is 1. The number of nitrogens with two attached hydrogens (primary N) is 1. The summed E-state index contributed by atoms with van der Waals surface area (Å²) in [7, 11) is 0. The number of aryl methyl sites for hydroxylation is 1. The van der Waals surface area contributed by atoms with Crippen LogP contribution in [0.5, 0.6) is 0 Å². The molecule has 0 atom stereocenters. The number of carbonyl (C=O) groups is 1. The van der Waals surface area contributed by atoms with Gasteiger partial charge in [-0.3, -0.25) is 0 Å². The van der Waals surface area contributed by atoms with Crippen molar-refractivity contribution in [2.24, 2.45) is 10.8 Å². The Hall–Kier alpha value is -2.10. The second-order valence-corrected chi connectivity index (χ2v) is 3.47. The van der Waals surface area contributed by atoms with E-state index in [9.17, 15) is 4.79 Å². The second kappa shape index (κ2) is 5.70. The van der Waals surface area contributed by atoms with Crippen LogP contribution in [0, 0.1) is 6.92 Å². The van der Waals surface area contributed by atoms with Crippen molar-refractivity contribution in [2.75, 3.05) is 0 Å². The van der Waals surface area contributed by atoms with Crippen LogP contribution in [0.2, 0.25) is 0 Å². The molecule has 0 radical (unpaired) electrons. The van der Waals surface area contributed by atoms with Crippen LogP contribution in [0.1, 0.15) is 18.1 Å². The summed E-state index contributed by atoms with van der Waals surface area (Å²) in [6.07, 6.45) is 3.72.